The molecule has 3 amide bonds. The van der Waals surface area contributed by atoms with Gasteiger partial charge in [-0.25, -0.2) is 4.79 Å². The van der Waals surface area contributed by atoms with E-state index in [1.807, 2.05) is 47.4 Å². The summed E-state index contributed by atoms with van der Waals surface area (Å²) in [7, 11) is 1.64. The van der Waals surface area contributed by atoms with Crippen molar-refractivity contribution in [2.24, 2.45) is 0 Å². The first-order valence-corrected chi connectivity index (χ1v) is 14.9. The first-order valence-electron chi connectivity index (χ1n) is 14.1. The van der Waals surface area contributed by atoms with E-state index in [0.717, 1.165) is 29.6 Å². The lowest BCUT2D eigenvalue weighted by atomic mass is 10.0. The largest absolute Gasteiger partial charge is 0.385 e. The fourth-order valence-electron chi connectivity index (χ4n) is 4.44. The zero-order valence-corrected chi connectivity index (χ0v) is 25.8. The predicted molar refractivity (Wildman–Crippen MR) is 166 cm³/mol. The number of ether oxygens (including phenoxy) is 1. The molecule has 0 radical (unpaired) electrons. The van der Waals surface area contributed by atoms with Crippen molar-refractivity contribution >= 4 is 33.6 Å². The van der Waals surface area contributed by atoms with Gasteiger partial charge in [0, 0.05) is 55.4 Å². The van der Waals surface area contributed by atoms with E-state index in [1.165, 1.54) is 11.1 Å². The van der Waals surface area contributed by atoms with E-state index in [2.05, 4.69) is 71.0 Å². The van der Waals surface area contributed by atoms with Crippen molar-refractivity contribution in [3.05, 3.63) is 88.2 Å². The maximum absolute atomic E-state index is 13.7. The molecule has 1 aromatic heterocycles. The molecule has 3 rings (SSSR count). The normalized spacial score (nSPS) is 11.1. The number of rotatable bonds is 15. The van der Waals surface area contributed by atoms with Crippen molar-refractivity contribution in [1.29, 1.82) is 0 Å². The van der Waals surface area contributed by atoms with Crippen LogP contribution in [0, 0.1) is 0 Å². The molecule has 0 unspecified atom stereocenters. The number of nitrogens with zero attached hydrogens (tertiary/aromatic N) is 3. The summed E-state index contributed by atoms with van der Waals surface area (Å²) in [5.41, 5.74) is 4.18. The van der Waals surface area contributed by atoms with Crippen LogP contribution >= 0.6 is 15.9 Å². The number of carbonyl (C=O) groups excluding carboxylic acids is 2. The zero-order chi connectivity index (χ0) is 28.9. The molecule has 0 aliphatic rings. The van der Waals surface area contributed by atoms with E-state index in [4.69, 9.17) is 4.74 Å². The van der Waals surface area contributed by atoms with Crippen LogP contribution in [0.1, 0.15) is 62.8 Å². The quantitative estimate of drug-likeness (QED) is 0.186. The molecule has 216 valence electrons. The third-order valence-corrected chi connectivity index (χ3v) is 7.42. The summed E-state index contributed by atoms with van der Waals surface area (Å²) in [4.78, 5) is 30.4. The molecule has 0 atom stereocenters. The third-order valence-electron chi connectivity index (χ3n) is 6.90. The maximum atomic E-state index is 13.7. The van der Waals surface area contributed by atoms with Gasteiger partial charge in [-0.1, -0.05) is 67.4 Å². The van der Waals surface area contributed by atoms with Crippen molar-refractivity contribution in [1.82, 2.24) is 14.4 Å². The van der Waals surface area contributed by atoms with E-state index in [-0.39, 0.29) is 18.5 Å². The van der Waals surface area contributed by atoms with Gasteiger partial charge < -0.3 is 24.4 Å². The van der Waals surface area contributed by atoms with Crippen LogP contribution in [-0.4, -0.2) is 59.7 Å². The number of anilines is 1. The minimum Gasteiger partial charge on any atom is -0.385 e. The topological polar surface area (TPSA) is 66.8 Å². The number of methoxy groups -OCH3 is 1. The van der Waals surface area contributed by atoms with E-state index in [0.29, 0.717) is 44.3 Å². The number of amides is 3. The summed E-state index contributed by atoms with van der Waals surface area (Å²) in [6, 6.07) is 19.9. The molecule has 0 fully saturated rings. The highest BCUT2D eigenvalue weighted by Gasteiger charge is 2.22. The fraction of sp³-hybridized carbons (Fsp3) is 0.438. The highest BCUT2D eigenvalue weighted by atomic mass is 79.9. The van der Waals surface area contributed by atoms with Gasteiger partial charge in [-0.05, 0) is 66.3 Å². The molecule has 0 aliphatic heterocycles. The number of urea groups is 1. The van der Waals surface area contributed by atoms with Crippen molar-refractivity contribution in [3.63, 3.8) is 0 Å². The van der Waals surface area contributed by atoms with Crippen LogP contribution in [0.3, 0.4) is 0 Å². The smallest absolute Gasteiger partial charge is 0.322 e. The Morgan fingerprint density at radius 3 is 2.33 bits per heavy atom. The minimum atomic E-state index is -0.282. The van der Waals surface area contributed by atoms with Gasteiger partial charge in [0.05, 0.1) is 6.54 Å². The van der Waals surface area contributed by atoms with Crippen molar-refractivity contribution in [2.75, 3.05) is 38.7 Å². The Bertz CT molecular complexity index is 1190. The highest BCUT2D eigenvalue weighted by Crippen LogP contribution is 2.18. The van der Waals surface area contributed by atoms with Gasteiger partial charge in [0.1, 0.15) is 6.54 Å². The molecule has 0 spiro atoms. The lowest BCUT2D eigenvalue weighted by molar-refractivity contribution is -0.132. The number of hydrogen-bond acceptors (Lipinski definition) is 3. The Morgan fingerprint density at radius 2 is 1.68 bits per heavy atom. The molecule has 1 heterocycles. The number of halogens is 1. The lowest BCUT2D eigenvalue weighted by Gasteiger charge is -2.28. The second-order valence-electron chi connectivity index (χ2n) is 10.4. The summed E-state index contributed by atoms with van der Waals surface area (Å²) < 4.78 is 8.44. The van der Waals surface area contributed by atoms with Crippen LogP contribution in [0.5, 0.6) is 0 Å². The van der Waals surface area contributed by atoms with Crippen LogP contribution < -0.4 is 5.32 Å². The van der Waals surface area contributed by atoms with Crippen LogP contribution in [-0.2, 0) is 22.6 Å². The Morgan fingerprint density at radius 1 is 0.975 bits per heavy atom. The average molecular weight is 612 g/mol. The molecule has 2 aromatic carbocycles. The third kappa shape index (κ3) is 9.82. The molecule has 0 aliphatic carbocycles. The van der Waals surface area contributed by atoms with Crippen molar-refractivity contribution in [3.8, 4) is 0 Å². The Balaban J connectivity index is 1.72. The Hall–Kier alpha value is -3.10. The van der Waals surface area contributed by atoms with Crippen molar-refractivity contribution in [2.45, 2.75) is 59.0 Å². The average Bonchev–Trinajstić information content (AvgIpc) is 3.38. The first kappa shape index (κ1) is 31.4. The number of unbranched alkanes of at least 4 members (excludes halogenated alkanes) is 1. The van der Waals surface area contributed by atoms with Crippen LogP contribution in [0.15, 0.2) is 71.3 Å². The van der Waals surface area contributed by atoms with Gasteiger partial charge in [0.25, 0.3) is 0 Å². The molecular weight excluding hydrogens is 568 g/mol. The van der Waals surface area contributed by atoms with Gasteiger partial charge in [0.15, 0.2) is 0 Å². The number of nitrogens with one attached hydrogen (secondary N) is 1. The van der Waals surface area contributed by atoms with Gasteiger partial charge in [-0.2, -0.15) is 0 Å². The fourth-order valence-corrected chi connectivity index (χ4v) is 4.70. The number of benzene rings is 2. The van der Waals surface area contributed by atoms with Crippen LogP contribution in [0.4, 0.5) is 10.5 Å². The second-order valence-corrected chi connectivity index (χ2v) is 11.3. The van der Waals surface area contributed by atoms with E-state index < -0.39 is 0 Å². The monoisotopic (exact) mass is 610 g/mol. The second kappa shape index (κ2) is 16.2. The standard InChI is InChI=1S/C32H43BrN4O3/c1-5-6-18-36(23-30-9-7-19-35(30)22-26-10-14-28(33)15-11-26)31(38)24-37(20-8-21-40-4)32(39)34-29-16-12-27(13-17-29)25(2)3/h7,9-17,19,25H,5-6,8,18,20-24H2,1-4H3,(H,34,39). The van der Waals surface area contributed by atoms with Gasteiger partial charge in [0.2, 0.25) is 5.91 Å². The highest BCUT2D eigenvalue weighted by molar-refractivity contribution is 9.10. The lowest BCUT2D eigenvalue weighted by Crippen LogP contribution is -2.45. The summed E-state index contributed by atoms with van der Waals surface area (Å²) in [6.45, 7) is 9.21. The summed E-state index contributed by atoms with van der Waals surface area (Å²) in [6.07, 6.45) is 4.58. The molecule has 0 bridgehead atoms. The Labute approximate surface area is 247 Å². The summed E-state index contributed by atoms with van der Waals surface area (Å²) in [5.74, 6) is 0.352. The molecule has 8 heteroatoms. The predicted octanol–water partition coefficient (Wildman–Crippen LogP) is 7.12. The van der Waals surface area contributed by atoms with Gasteiger partial charge in [-0.15, -0.1) is 0 Å². The van der Waals surface area contributed by atoms with Gasteiger partial charge >= 0.3 is 6.03 Å². The number of hydrogen-bond donors (Lipinski definition) is 1. The summed E-state index contributed by atoms with van der Waals surface area (Å²) >= 11 is 3.50. The number of aromatic nitrogens is 1. The zero-order valence-electron chi connectivity index (χ0n) is 24.2. The molecule has 40 heavy (non-hydrogen) atoms. The Kier molecular flexibility index (Phi) is 12.8. The summed E-state index contributed by atoms with van der Waals surface area (Å²) in [5, 5.41) is 2.98. The van der Waals surface area contributed by atoms with E-state index in [1.54, 1.807) is 12.0 Å². The number of carbonyl (C=O) groups is 2. The first-order chi connectivity index (χ1) is 19.3. The van der Waals surface area contributed by atoms with Crippen molar-refractivity contribution < 1.29 is 14.3 Å². The van der Waals surface area contributed by atoms with E-state index in [9.17, 15) is 9.59 Å². The maximum Gasteiger partial charge on any atom is 0.322 e. The molecule has 0 saturated carbocycles. The molecular formula is C32H43BrN4O3. The minimum absolute atomic E-state index is 0.0107. The molecule has 1 N–H and O–H groups in total. The van der Waals surface area contributed by atoms with E-state index >= 15 is 0 Å². The van der Waals surface area contributed by atoms with Gasteiger partial charge in [-0.3, -0.25) is 4.79 Å². The molecule has 0 saturated heterocycles. The molecule has 3 aromatic rings. The van der Waals surface area contributed by atoms with Crippen LogP contribution in [0.25, 0.3) is 0 Å². The SMILES string of the molecule is CCCCN(Cc1cccn1Cc1ccc(Br)cc1)C(=O)CN(CCCOC)C(=O)Nc1ccc(C(C)C)cc1. The molecule has 7 nitrogen and oxygen atoms in total. The van der Waals surface area contributed by atoms with Crippen LogP contribution in [0.2, 0.25) is 0 Å².